The van der Waals surface area contributed by atoms with Crippen molar-refractivity contribution in [3.05, 3.63) is 0 Å². The molecule has 2 atom stereocenters. The molecule has 2 N–H and O–H groups in total. The fourth-order valence-corrected chi connectivity index (χ4v) is 5.41. The fourth-order valence-electron chi connectivity index (χ4n) is 3.73. The van der Waals surface area contributed by atoms with E-state index in [4.69, 9.17) is 5.73 Å². The van der Waals surface area contributed by atoms with Crippen LogP contribution in [-0.2, 0) is 14.8 Å². The highest BCUT2D eigenvalue weighted by atomic mass is 35.5. The lowest BCUT2D eigenvalue weighted by Crippen LogP contribution is -2.49. The Morgan fingerprint density at radius 1 is 1.20 bits per heavy atom. The smallest absolute Gasteiger partial charge is 0.225 e. The van der Waals surface area contributed by atoms with Crippen molar-refractivity contribution >= 4 is 28.3 Å². The number of sulfonamides is 1. The molecule has 2 unspecified atom stereocenters. The monoisotopic (exact) mass is 395 g/mol. The molecule has 2 fully saturated rings. The van der Waals surface area contributed by atoms with Gasteiger partial charge in [-0.3, -0.25) is 4.79 Å². The molecule has 25 heavy (non-hydrogen) atoms. The largest absolute Gasteiger partial charge is 0.342 e. The molecule has 0 aliphatic carbocycles. The molecule has 2 aliphatic rings. The molecule has 2 heterocycles. The van der Waals surface area contributed by atoms with E-state index in [1.165, 1.54) is 0 Å². The van der Waals surface area contributed by atoms with Crippen molar-refractivity contribution in [2.24, 2.45) is 17.6 Å². The number of halogens is 1. The van der Waals surface area contributed by atoms with Gasteiger partial charge in [-0.2, -0.15) is 0 Å². The molecule has 0 aromatic heterocycles. The van der Waals surface area contributed by atoms with Crippen molar-refractivity contribution in [2.45, 2.75) is 58.4 Å². The average Bonchev–Trinajstić information content (AvgIpc) is 2.59. The van der Waals surface area contributed by atoms with Gasteiger partial charge in [0.25, 0.3) is 0 Å². The van der Waals surface area contributed by atoms with E-state index in [0.717, 1.165) is 32.4 Å². The zero-order chi connectivity index (χ0) is 17.7. The molecule has 2 aliphatic heterocycles. The van der Waals surface area contributed by atoms with E-state index < -0.39 is 10.0 Å². The van der Waals surface area contributed by atoms with E-state index in [1.807, 2.05) is 18.7 Å². The first-order valence-corrected chi connectivity index (χ1v) is 11.0. The summed E-state index contributed by atoms with van der Waals surface area (Å²) in [6, 6.07) is 0.117. The first kappa shape index (κ1) is 22.7. The van der Waals surface area contributed by atoms with Crippen molar-refractivity contribution in [1.82, 2.24) is 9.21 Å². The van der Waals surface area contributed by atoms with E-state index in [2.05, 4.69) is 0 Å². The van der Waals surface area contributed by atoms with Gasteiger partial charge < -0.3 is 10.6 Å². The van der Waals surface area contributed by atoms with Gasteiger partial charge in [-0.15, -0.1) is 12.4 Å². The summed E-state index contributed by atoms with van der Waals surface area (Å²) in [4.78, 5) is 14.7. The lowest BCUT2D eigenvalue weighted by molar-refractivity contribution is -0.138. The summed E-state index contributed by atoms with van der Waals surface area (Å²) in [5.41, 5.74) is 6.00. The van der Waals surface area contributed by atoms with Gasteiger partial charge in [-0.25, -0.2) is 12.7 Å². The summed E-state index contributed by atoms with van der Waals surface area (Å²) in [5, 5.41) is 0. The van der Waals surface area contributed by atoms with Gasteiger partial charge in [0.15, 0.2) is 0 Å². The minimum absolute atomic E-state index is 0. The van der Waals surface area contributed by atoms with Crippen molar-refractivity contribution in [2.75, 3.05) is 31.9 Å². The summed E-state index contributed by atoms with van der Waals surface area (Å²) in [6.45, 7) is 6.54. The Hall–Kier alpha value is -0.370. The minimum Gasteiger partial charge on any atom is -0.342 e. The third-order valence-electron chi connectivity index (χ3n) is 5.47. The van der Waals surface area contributed by atoms with Gasteiger partial charge in [0, 0.05) is 38.1 Å². The number of carbonyl (C=O) groups excluding carboxylic acids is 1. The summed E-state index contributed by atoms with van der Waals surface area (Å²) in [6.07, 6.45) is 4.97. The predicted octanol–water partition coefficient (Wildman–Crippen LogP) is 1.84. The molecule has 0 aromatic rings. The van der Waals surface area contributed by atoms with E-state index >= 15 is 0 Å². The quantitative estimate of drug-likeness (QED) is 0.743. The minimum atomic E-state index is -3.15. The standard InChI is InChI=1S/C17H33N3O3S.ClH/c1-3-4-12-24(22,23)20-10-7-15(8-11-20)17(21)19-9-5-6-16(13-19)14(2)18;/h14-16H,3-13,18H2,1-2H3;1H. The van der Waals surface area contributed by atoms with Crippen LogP contribution < -0.4 is 5.73 Å². The van der Waals surface area contributed by atoms with Gasteiger partial charge in [0.1, 0.15) is 0 Å². The third-order valence-corrected chi connectivity index (χ3v) is 7.42. The Labute approximate surface area is 159 Å². The van der Waals surface area contributed by atoms with Gasteiger partial charge in [-0.05, 0) is 44.9 Å². The van der Waals surface area contributed by atoms with Crippen LogP contribution in [0.4, 0.5) is 0 Å². The SMILES string of the molecule is CCCCS(=O)(=O)N1CCC(C(=O)N2CCCC(C(C)N)C2)CC1.Cl. The van der Waals surface area contributed by atoms with E-state index in [9.17, 15) is 13.2 Å². The maximum absolute atomic E-state index is 12.8. The number of nitrogens with two attached hydrogens (primary N) is 1. The number of likely N-dealkylation sites (tertiary alicyclic amines) is 1. The van der Waals surface area contributed by atoms with Crippen LogP contribution in [0.1, 0.15) is 52.4 Å². The molecule has 0 saturated carbocycles. The highest BCUT2D eigenvalue weighted by molar-refractivity contribution is 7.89. The summed E-state index contributed by atoms with van der Waals surface area (Å²) >= 11 is 0. The molecule has 2 rings (SSSR count). The van der Waals surface area contributed by atoms with Crippen LogP contribution in [0.3, 0.4) is 0 Å². The second-order valence-corrected chi connectivity index (χ2v) is 9.48. The number of hydrogen-bond donors (Lipinski definition) is 1. The van der Waals surface area contributed by atoms with Gasteiger partial charge in [0.2, 0.25) is 15.9 Å². The molecule has 6 nitrogen and oxygen atoms in total. The third kappa shape index (κ3) is 6.08. The zero-order valence-corrected chi connectivity index (χ0v) is 17.2. The average molecular weight is 396 g/mol. The highest BCUT2D eigenvalue weighted by Gasteiger charge is 2.34. The Kier molecular flexibility index (Phi) is 9.15. The molecule has 1 amide bonds. The van der Waals surface area contributed by atoms with Crippen LogP contribution >= 0.6 is 12.4 Å². The molecule has 0 aromatic carbocycles. The van der Waals surface area contributed by atoms with Gasteiger partial charge in [0.05, 0.1) is 5.75 Å². The lowest BCUT2D eigenvalue weighted by Gasteiger charge is -2.38. The molecular weight excluding hydrogens is 362 g/mol. The van der Waals surface area contributed by atoms with E-state index in [-0.39, 0.29) is 36.0 Å². The lowest BCUT2D eigenvalue weighted by atomic mass is 9.90. The van der Waals surface area contributed by atoms with Crippen molar-refractivity contribution in [3.8, 4) is 0 Å². The van der Waals surface area contributed by atoms with Gasteiger partial charge >= 0.3 is 0 Å². The normalized spacial score (nSPS) is 24.6. The number of hydrogen-bond acceptors (Lipinski definition) is 4. The molecule has 8 heteroatoms. The highest BCUT2D eigenvalue weighted by Crippen LogP contribution is 2.26. The van der Waals surface area contributed by atoms with E-state index in [1.54, 1.807) is 4.31 Å². The molecule has 148 valence electrons. The Morgan fingerprint density at radius 3 is 2.40 bits per heavy atom. The second kappa shape index (κ2) is 10.1. The number of unbranched alkanes of at least 4 members (excludes halogenated alkanes) is 1. The topological polar surface area (TPSA) is 83.7 Å². The van der Waals surface area contributed by atoms with Crippen LogP contribution in [0.2, 0.25) is 0 Å². The maximum Gasteiger partial charge on any atom is 0.225 e. The maximum atomic E-state index is 12.8. The molecule has 0 bridgehead atoms. The number of piperidine rings is 2. The Bertz CT molecular complexity index is 519. The summed E-state index contributed by atoms with van der Waals surface area (Å²) in [5.74, 6) is 0.780. The van der Waals surface area contributed by atoms with E-state index in [0.29, 0.717) is 38.3 Å². The van der Waals surface area contributed by atoms with Crippen LogP contribution in [0.25, 0.3) is 0 Å². The number of nitrogens with zero attached hydrogens (tertiary/aromatic N) is 2. The van der Waals surface area contributed by atoms with Crippen LogP contribution in [0.15, 0.2) is 0 Å². The summed E-state index contributed by atoms with van der Waals surface area (Å²) in [7, 11) is -3.15. The predicted molar refractivity (Wildman–Crippen MR) is 103 cm³/mol. The number of rotatable bonds is 6. The van der Waals surface area contributed by atoms with Crippen molar-refractivity contribution in [3.63, 3.8) is 0 Å². The Balaban J connectivity index is 0.00000312. The summed E-state index contributed by atoms with van der Waals surface area (Å²) < 4.78 is 26.1. The first-order valence-electron chi connectivity index (χ1n) is 9.37. The fraction of sp³-hybridized carbons (Fsp3) is 0.941. The van der Waals surface area contributed by atoms with Crippen LogP contribution in [-0.4, -0.2) is 61.5 Å². The van der Waals surface area contributed by atoms with Crippen molar-refractivity contribution < 1.29 is 13.2 Å². The first-order chi connectivity index (χ1) is 11.3. The molecule has 0 spiro atoms. The number of amides is 1. The second-order valence-electron chi connectivity index (χ2n) is 7.39. The Morgan fingerprint density at radius 2 is 1.84 bits per heavy atom. The molecule has 2 saturated heterocycles. The van der Waals surface area contributed by atoms with Crippen LogP contribution in [0, 0.1) is 11.8 Å². The number of carbonyl (C=O) groups is 1. The van der Waals surface area contributed by atoms with Crippen LogP contribution in [0.5, 0.6) is 0 Å². The van der Waals surface area contributed by atoms with Gasteiger partial charge in [-0.1, -0.05) is 13.3 Å². The molecule has 0 radical (unpaired) electrons. The van der Waals surface area contributed by atoms with Crippen molar-refractivity contribution in [1.29, 1.82) is 0 Å². The zero-order valence-electron chi connectivity index (χ0n) is 15.5. The molecular formula is C17H34ClN3O3S.